The lowest BCUT2D eigenvalue weighted by Crippen LogP contribution is -2.43. The number of benzene rings is 2. The van der Waals surface area contributed by atoms with Crippen molar-refractivity contribution < 1.29 is 18.7 Å². The molecule has 0 aliphatic rings. The van der Waals surface area contributed by atoms with Gasteiger partial charge in [-0.15, -0.1) is 0 Å². The van der Waals surface area contributed by atoms with Crippen molar-refractivity contribution in [3.05, 3.63) is 54.6 Å². The molecule has 1 amide bonds. The van der Waals surface area contributed by atoms with E-state index in [1.54, 1.807) is 18.5 Å². The molecule has 0 radical (unpaired) electrons. The highest BCUT2D eigenvalue weighted by Gasteiger charge is 2.17. The smallest absolute Gasteiger partial charge is 0.258 e. The van der Waals surface area contributed by atoms with E-state index in [1.807, 2.05) is 45.9 Å². The Kier molecular flexibility index (Phi) is 6.81. The zero-order chi connectivity index (χ0) is 25.0. The van der Waals surface area contributed by atoms with Gasteiger partial charge >= 0.3 is 0 Å². The molecule has 9 nitrogen and oxygen atoms in total. The highest BCUT2D eigenvalue weighted by molar-refractivity contribution is 5.93. The zero-order valence-electron chi connectivity index (χ0n) is 20.0. The van der Waals surface area contributed by atoms with E-state index < -0.39 is 11.4 Å². The molecule has 4 aromatic rings. The molecule has 3 N–H and O–H groups in total. The second-order valence-electron chi connectivity index (χ2n) is 8.85. The number of rotatable bonds is 8. The Morgan fingerprint density at radius 1 is 1.11 bits per heavy atom. The third-order valence-corrected chi connectivity index (χ3v) is 4.80. The quantitative estimate of drug-likeness (QED) is 0.339. The van der Waals surface area contributed by atoms with Crippen LogP contribution in [0.4, 0.5) is 15.9 Å². The van der Waals surface area contributed by atoms with Gasteiger partial charge in [-0.2, -0.15) is 5.10 Å². The maximum absolute atomic E-state index is 14.4. The zero-order valence-corrected chi connectivity index (χ0v) is 20.0. The molecule has 2 heterocycles. The first-order chi connectivity index (χ1) is 16.7. The number of hydrogen-bond acceptors (Lipinski definition) is 7. The molecule has 0 spiro atoms. The lowest BCUT2D eigenvalue weighted by atomic mass is 10.1. The van der Waals surface area contributed by atoms with Crippen molar-refractivity contribution in [3.8, 4) is 22.9 Å². The van der Waals surface area contributed by atoms with Gasteiger partial charge in [0.1, 0.15) is 11.6 Å². The second kappa shape index (κ2) is 9.96. The van der Waals surface area contributed by atoms with Gasteiger partial charge in [-0.3, -0.25) is 9.89 Å². The van der Waals surface area contributed by atoms with Gasteiger partial charge in [0.2, 0.25) is 0 Å². The molecule has 0 saturated carbocycles. The Hall–Kier alpha value is -4.21. The largest absolute Gasteiger partial charge is 0.494 e. The molecule has 35 heavy (non-hydrogen) atoms. The van der Waals surface area contributed by atoms with Gasteiger partial charge in [0.25, 0.3) is 5.91 Å². The topological polar surface area (TPSA) is 114 Å². The Morgan fingerprint density at radius 3 is 2.66 bits per heavy atom. The van der Waals surface area contributed by atoms with Crippen LogP contribution in [0.2, 0.25) is 0 Å². The predicted octanol–water partition coefficient (Wildman–Crippen LogP) is 4.59. The van der Waals surface area contributed by atoms with E-state index in [1.165, 1.54) is 12.1 Å². The van der Waals surface area contributed by atoms with Gasteiger partial charge in [0.15, 0.2) is 24.0 Å². The first-order valence-electron chi connectivity index (χ1n) is 11.2. The Balaban J connectivity index is 1.69. The molecular formula is C25H27FN6O3. The number of H-pyrrole nitrogens is 1. The summed E-state index contributed by atoms with van der Waals surface area (Å²) in [4.78, 5) is 21.5. The average Bonchev–Trinajstić information content (AvgIpc) is 3.31. The third kappa shape index (κ3) is 6.03. The van der Waals surface area contributed by atoms with E-state index in [9.17, 15) is 9.18 Å². The van der Waals surface area contributed by atoms with Crippen molar-refractivity contribution in [2.75, 3.05) is 18.5 Å². The average molecular weight is 479 g/mol. The number of hydrogen-bond donors (Lipinski definition) is 3. The minimum absolute atomic E-state index is 0.0636. The number of nitrogens with one attached hydrogen (secondary N) is 3. The number of halogens is 1. The van der Waals surface area contributed by atoms with Gasteiger partial charge in [-0.05, 0) is 64.1 Å². The minimum Gasteiger partial charge on any atom is -0.494 e. The molecule has 0 unspecified atom stereocenters. The first kappa shape index (κ1) is 23.9. The van der Waals surface area contributed by atoms with Crippen LogP contribution in [-0.2, 0) is 4.79 Å². The van der Waals surface area contributed by atoms with Crippen LogP contribution in [-0.4, -0.2) is 44.8 Å². The highest BCUT2D eigenvalue weighted by Crippen LogP contribution is 2.31. The predicted molar refractivity (Wildman–Crippen MR) is 131 cm³/mol. The third-order valence-electron chi connectivity index (χ3n) is 4.80. The normalized spacial score (nSPS) is 11.3. The van der Waals surface area contributed by atoms with E-state index in [-0.39, 0.29) is 18.3 Å². The van der Waals surface area contributed by atoms with Crippen LogP contribution in [0.1, 0.15) is 27.7 Å². The summed E-state index contributed by atoms with van der Waals surface area (Å²) in [6.45, 7) is 7.70. The van der Waals surface area contributed by atoms with Crippen molar-refractivity contribution in [3.63, 3.8) is 0 Å². The fourth-order valence-electron chi connectivity index (χ4n) is 3.40. The van der Waals surface area contributed by atoms with Gasteiger partial charge in [0.05, 0.1) is 24.0 Å². The summed E-state index contributed by atoms with van der Waals surface area (Å²) >= 11 is 0. The molecule has 0 aliphatic heterocycles. The molecule has 0 saturated heterocycles. The summed E-state index contributed by atoms with van der Waals surface area (Å²) in [6, 6.07) is 9.84. The summed E-state index contributed by atoms with van der Waals surface area (Å²) in [5, 5.41) is 13.5. The summed E-state index contributed by atoms with van der Waals surface area (Å²) in [6.07, 6.45) is 3.33. The highest BCUT2D eigenvalue weighted by atomic mass is 19.1. The molecule has 0 bridgehead atoms. The van der Waals surface area contributed by atoms with E-state index in [0.29, 0.717) is 40.8 Å². The van der Waals surface area contributed by atoms with Crippen molar-refractivity contribution in [1.29, 1.82) is 0 Å². The molecule has 2 aromatic heterocycles. The Bertz CT molecular complexity index is 1340. The number of amides is 1. The van der Waals surface area contributed by atoms with Crippen molar-refractivity contribution >= 4 is 28.3 Å². The summed E-state index contributed by atoms with van der Waals surface area (Å²) < 4.78 is 25.5. The van der Waals surface area contributed by atoms with Gasteiger partial charge in [-0.25, -0.2) is 14.4 Å². The molecule has 0 aliphatic carbocycles. The number of carbonyl (C=O) groups is 1. The number of carbonyl (C=O) groups excluding carboxylic acids is 1. The molecular weight excluding hydrogens is 451 g/mol. The molecule has 2 aromatic carbocycles. The fraction of sp³-hybridized carbons (Fsp3) is 0.280. The number of aromatic nitrogens is 4. The SMILES string of the molecule is CCOc1ccc2nc(-c3ccc(F)c(OCC(=O)NC(C)(C)C)c3)nc(Nc3cn[nH]c3)c2c1. The molecule has 0 atom stereocenters. The summed E-state index contributed by atoms with van der Waals surface area (Å²) in [7, 11) is 0. The number of nitrogens with zero attached hydrogens (tertiary/aromatic N) is 3. The minimum atomic E-state index is -0.587. The van der Waals surface area contributed by atoms with Crippen LogP contribution in [0.15, 0.2) is 48.8 Å². The van der Waals surface area contributed by atoms with E-state index >= 15 is 0 Å². The standard InChI is InChI=1S/C25H27FN6O3/c1-5-34-17-7-9-20-18(11-17)24(29-16-12-27-28-13-16)31-23(30-20)15-6-8-19(26)21(10-15)35-14-22(33)32-25(2,3)4/h6-13H,5,14H2,1-4H3,(H,27,28)(H,32,33)(H,29,30,31). The molecule has 0 fully saturated rings. The van der Waals surface area contributed by atoms with Crippen LogP contribution < -0.4 is 20.1 Å². The Morgan fingerprint density at radius 2 is 1.94 bits per heavy atom. The monoisotopic (exact) mass is 478 g/mol. The van der Waals surface area contributed by atoms with Gasteiger partial charge in [-0.1, -0.05) is 0 Å². The maximum atomic E-state index is 14.4. The summed E-state index contributed by atoms with van der Waals surface area (Å²) in [5.41, 5.74) is 1.50. The van der Waals surface area contributed by atoms with E-state index in [0.717, 1.165) is 5.39 Å². The Labute approximate surface area is 202 Å². The van der Waals surface area contributed by atoms with Crippen LogP contribution in [0.3, 0.4) is 0 Å². The van der Waals surface area contributed by atoms with E-state index in [4.69, 9.17) is 9.47 Å². The molecule has 4 rings (SSSR count). The van der Waals surface area contributed by atoms with Crippen molar-refractivity contribution in [2.24, 2.45) is 0 Å². The lowest BCUT2D eigenvalue weighted by Gasteiger charge is -2.20. The second-order valence-corrected chi connectivity index (χ2v) is 8.85. The van der Waals surface area contributed by atoms with E-state index in [2.05, 4.69) is 30.8 Å². The van der Waals surface area contributed by atoms with Crippen molar-refractivity contribution in [1.82, 2.24) is 25.5 Å². The van der Waals surface area contributed by atoms with Crippen molar-refractivity contribution in [2.45, 2.75) is 33.2 Å². The van der Waals surface area contributed by atoms with Crippen LogP contribution >= 0.6 is 0 Å². The van der Waals surface area contributed by atoms with Crippen LogP contribution in [0.5, 0.6) is 11.5 Å². The van der Waals surface area contributed by atoms with Gasteiger partial charge < -0.3 is 20.1 Å². The number of fused-ring (bicyclic) bond motifs is 1. The fourth-order valence-corrected chi connectivity index (χ4v) is 3.40. The van der Waals surface area contributed by atoms with Crippen LogP contribution in [0, 0.1) is 5.82 Å². The summed E-state index contributed by atoms with van der Waals surface area (Å²) in [5.74, 6) is 0.585. The van der Waals surface area contributed by atoms with Gasteiger partial charge in [0, 0.05) is 22.7 Å². The number of anilines is 2. The molecule has 182 valence electrons. The van der Waals surface area contributed by atoms with Crippen LogP contribution in [0.25, 0.3) is 22.3 Å². The first-order valence-corrected chi connectivity index (χ1v) is 11.2. The maximum Gasteiger partial charge on any atom is 0.258 e. The number of aromatic amines is 1. The number of ether oxygens (including phenoxy) is 2. The lowest BCUT2D eigenvalue weighted by molar-refractivity contribution is -0.124. The molecule has 10 heteroatoms.